The first-order chi connectivity index (χ1) is 12.8. The van der Waals surface area contributed by atoms with Crippen molar-refractivity contribution in [3.05, 3.63) is 66.0 Å². The quantitative estimate of drug-likeness (QED) is 0.822. The minimum absolute atomic E-state index is 0.237. The molecule has 0 bridgehead atoms. The average molecular weight is 356 g/mol. The maximum atomic E-state index is 12.9. The summed E-state index contributed by atoms with van der Waals surface area (Å²) in [5, 5.41) is 0. The summed E-state index contributed by atoms with van der Waals surface area (Å²) in [5.74, 6) is 0.480. The highest BCUT2D eigenvalue weighted by atomic mass is 19.1. The fourth-order valence-corrected chi connectivity index (χ4v) is 3.89. The van der Waals surface area contributed by atoms with Gasteiger partial charge in [0.25, 0.3) is 0 Å². The molecular weight excluding hydrogens is 331 g/mol. The Bertz CT molecular complexity index is 695. The van der Waals surface area contributed by atoms with E-state index in [1.54, 1.807) is 12.1 Å². The third-order valence-electron chi connectivity index (χ3n) is 5.27. The van der Waals surface area contributed by atoms with Gasteiger partial charge in [-0.3, -0.25) is 9.80 Å². The van der Waals surface area contributed by atoms with Crippen LogP contribution in [0.1, 0.15) is 11.6 Å². The van der Waals surface area contributed by atoms with Crippen LogP contribution in [0.25, 0.3) is 0 Å². The van der Waals surface area contributed by atoms with Crippen LogP contribution in [0.4, 0.5) is 4.39 Å². The number of ether oxygens (including phenoxy) is 2. The van der Waals surface area contributed by atoms with E-state index >= 15 is 0 Å². The zero-order valence-corrected chi connectivity index (χ0v) is 14.9. The van der Waals surface area contributed by atoms with Gasteiger partial charge in [-0.1, -0.05) is 30.3 Å². The lowest BCUT2D eigenvalue weighted by molar-refractivity contribution is -0.0832. The average Bonchev–Trinajstić information content (AvgIpc) is 2.69. The molecule has 0 amide bonds. The molecule has 2 aromatic rings. The second-order valence-corrected chi connectivity index (χ2v) is 6.96. The first-order valence-corrected chi connectivity index (χ1v) is 9.29. The van der Waals surface area contributed by atoms with Gasteiger partial charge in [-0.25, -0.2) is 4.39 Å². The van der Waals surface area contributed by atoms with Crippen LogP contribution in [-0.4, -0.2) is 61.8 Å². The van der Waals surface area contributed by atoms with Crippen LogP contribution in [0.3, 0.4) is 0 Å². The first kappa shape index (κ1) is 17.5. The molecule has 0 unspecified atom stereocenters. The van der Waals surface area contributed by atoms with Crippen LogP contribution < -0.4 is 4.74 Å². The van der Waals surface area contributed by atoms with Crippen molar-refractivity contribution in [1.82, 2.24) is 9.80 Å². The van der Waals surface area contributed by atoms with E-state index in [1.165, 1.54) is 17.7 Å². The Balaban J connectivity index is 1.29. The van der Waals surface area contributed by atoms with Crippen molar-refractivity contribution in [1.29, 1.82) is 0 Å². The van der Waals surface area contributed by atoms with E-state index in [4.69, 9.17) is 9.47 Å². The van der Waals surface area contributed by atoms with E-state index in [1.807, 2.05) is 0 Å². The zero-order chi connectivity index (χ0) is 17.8. The minimum Gasteiger partial charge on any atom is -0.492 e. The van der Waals surface area contributed by atoms with Crippen molar-refractivity contribution in [3.63, 3.8) is 0 Å². The van der Waals surface area contributed by atoms with Gasteiger partial charge >= 0.3 is 0 Å². The fourth-order valence-electron chi connectivity index (χ4n) is 3.89. The summed E-state index contributed by atoms with van der Waals surface area (Å²) in [6, 6.07) is 17.6. The van der Waals surface area contributed by atoms with Crippen LogP contribution in [0.5, 0.6) is 5.75 Å². The van der Waals surface area contributed by atoms with Crippen LogP contribution in [0, 0.1) is 5.82 Å². The molecule has 5 heteroatoms. The predicted octanol–water partition coefficient (Wildman–Crippen LogP) is 2.96. The van der Waals surface area contributed by atoms with E-state index in [0.717, 1.165) is 45.1 Å². The summed E-state index contributed by atoms with van der Waals surface area (Å²) in [4.78, 5) is 5.03. The lowest BCUT2D eigenvalue weighted by atomic mass is 10.0. The largest absolute Gasteiger partial charge is 0.492 e. The fraction of sp³-hybridized carbons (Fsp3) is 0.429. The van der Waals surface area contributed by atoms with Crippen molar-refractivity contribution >= 4 is 0 Å². The highest BCUT2D eigenvalue weighted by Crippen LogP contribution is 2.29. The molecule has 0 aromatic heterocycles. The van der Waals surface area contributed by atoms with Gasteiger partial charge in [-0.15, -0.1) is 0 Å². The number of hydrogen-bond donors (Lipinski definition) is 0. The van der Waals surface area contributed by atoms with Crippen LogP contribution >= 0.6 is 0 Å². The van der Waals surface area contributed by atoms with E-state index in [-0.39, 0.29) is 5.82 Å². The van der Waals surface area contributed by atoms with Crippen molar-refractivity contribution < 1.29 is 13.9 Å². The number of halogens is 1. The van der Waals surface area contributed by atoms with Crippen LogP contribution in [-0.2, 0) is 4.74 Å². The first-order valence-electron chi connectivity index (χ1n) is 9.29. The smallest absolute Gasteiger partial charge is 0.123 e. The number of piperazine rings is 1. The molecule has 0 saturated carbocycles. The summed E-state index contributed by atoms with van der Waals surface area (Å²) in [6.07, 6.45) is 0. The van der Waals surface area contributed by atoms with E-state index < -0.39 is 0 Å². The van der Waals surface area contributed by atoms with Gasteiger partial charge in [0, 0.05) is 32.2 Å². The van der Waals surface area contributed by atoms with Gasteiger partial charge in [0.05, 0.1) is 19.3 Å². The molecule has 26 heavy (non-hydrogen) atoms. The Morgan fingerprint density at radius 1 is 1.00 bits per heavy atom. The third-order valence-corrected chi connectivity index (χ3v) is 5.27. The second kappa shape index (κ2) is 8.16. The maximum Gasteiger partial charge on any atom is 0.123 e. The second-order valence-electron chi connectivity index (χ2n) is 6.96. The van der Waals surface area contributed by atoms with Gasteiger partial charge in [0.2, 0.25) is 0 Å². The molecule has 0 spiro atoms. The minimum atomic E-state index is -0.237. The van der Waals surface area contributed by atoms with E-state index in [2.05, 4.69) is 40.1 Å². The zero-order valence-electron chi connectivity index (χ0n) is 14.9. The molecule has 4 nitrogen and oxygen atoms in total. The molecule has 138 valence electrons. The van der Waals surface area contributed by atoms with Gasteiger partial charge in [0.1, 0.15) is 18.2 Å². The Morgan fingerprint density at radius 2 is 1.81 bits per heavy atom. The SMILES string of the molecule is Fc1ccc(OCCN2CCN3[C@@H](COC[C@@H]3c3ccccc3)C2)cc1. The predicted molar refractivity (Wildman–Crippen MR) is 98.8 cm³/mol. The Kier molecular flexibility index (Phi) is 5.48. The number of hydrogen-bond acceptors (Lipinski definition) is 4. The monoisotopic (exact) mass is 356 g/mol. The number of morpholine rings is 1. The number of fused-ring (bicyclic) bond motifs is 1. The molecule has 2 aliphatic heterocycles. The lowest BCUT2D eigenvalue weighted by Crippen LogP contribution is -2.59. The van der Waals surface area contributed by atoms with Gasteiger partial charge in [-0.2, -0.15) is 0 Å². The maximum absolute atomic E-state index is 12.9. The molecule has 2 aliphatic rings. The lowest BCUT2D eigenvalue weighted by Gasteiger charge is -2.48. The van der Waals surface area contributed by atoms with Crippen molar-refractivity contribution in [3.8, 4) is 5.75 Å². The molecule has 2 saturated heterocycles. The summed E-state index contributed by atoms with van der Waals surface area (Å²) >= 11 is 0. The molecule has 2 heterocycles. The highest BCUT2D eigenvalue weighted by Gasteiger charge is 2.36. The van der Waals surface area contributed by atoms with E-state index in [0.29, 0.717) is 18.7 Å². The highest BCUT2D eigenvalue weighted by molar-refractivity contribution is 5.22. The van der Waals surface area contributed by atoms with Gasteiger partial charge < -0.3 is 9.47 Å². The molecule has 0 radical (unpaired) electrons. The summed E-state index contributed by atoms with van der Waals surface area (Å²) in [6.45, 7) is 6.12. The number of rotatable bonds is 5. The molecule has 4 rings (SSSR count). The van der Waals surface area contributed by atoms with Crippen LogP contribution in [0.15, 0.2) is 54.6 Å². The third kappa shape index (κ3) is 4.06. The summed E-state index contributed by atoms with van der Waals surface area (Å²) in [5.41, 5.74) is 1.34. The summed E-state index contributed by atoms with van der Waals surface area (Å²) < 4.78 is 24.6. The topological polar surface area (TPSA) is 24.9 Å². The number of benzene rings is 2. The standard InChI is InChI=1S/C21H25FN2O2/c22-18-6-8-20(9-7-18)26-13-12-23-10-11-24-19(14-23)15-25-16-21(24)17-4-2-1-3-5-17/h1-9,19,21H,10-16H2/t19-,21-/m1/s1. The summed E-state index contributed by atoms with van der Waals surface area (Å²) in [7, 11) is 0. The molecular formula is C21H25FN2O2. The Labute approximate surface area is 154 Å². The molecule has 2 fully saturated rings. The normalized spacial score (nSPS) is 24.2. The molecule has 0 aliphatic carbocycles. The molecule has 2 atom stereocenters. The van der Waals surface area contributed by atoms with Gasteiger partial charge in [0.15, 0.2) is 0 Å². The Hall–Kier alpha value is -1.95. The van der Waals surface area contributed by atoms with Gasteiger partial charge in [-0.05, 0) is 29.8 Å². The van der Waals surface area contributed by atoms with Crippen LogP contribution in [0.2, 0.25) is 0 Å². The molecule has 0 N–H and O–H groups in total. The van der Waals surface area contributed by atoms with Crippen molar-refractivity contribution in [2.75, 3.05) is 46.0 Å². The molecule has 2 aromatic carbocycles. The Morgan fingerprint density at radius 3 is 2.62 bits per heavy atom. The van der Waals surface area contributed by atoms with Crippen molar-refractivity contribution in [2.45, 2.75) is 12.1 Å². The van der Waals surface area contributed by atoms with E-state index in [9.17, 15) is 4.39 Å². The number of nitrogens with zero attached hydrogens (tertiary/aromatic N) is 2. The van der Waals surface area contributed by atoms with Crippen molar-refractivity contribution in [2.24, 2.45) is 0 Å².